The summed E-state index contributed by atoms with van der Waals surface area (Å²) in [6.45, 7) is 18.0. The molecule has 0 heterocycles. The van der Waals surface area contributed by atoms with Gasteiger partial charge >= 0.3 is 0 Å². The maximum Gasteiger partial charge on any atom is 0.0656 e. The third kappa shape index (κ3) is 4.55. The molecule has 1 rings (SSSR count). The van der Waals surface area contributed by atoms with Crippen molar-refractivity contribution in [3.63, 3.8) is 0 Å². The molecule has 2 heteroatoms. The van der Waals surface area contributed by atoms with Gasteiger partial charge in [-0.25, -0.2) is 0 Å². The van der Waals surface area contributed by atoms with Gasteiger partial charge in [0, 0.05) is 18.1 Å². The zero-order chi connectivity index (χ0) is 14.0. The van der Waals surface area contributed by atoms with Crippen LogP contribution in [0.15, 0.2) is 0 Å². The fourth-order valence-electron chi connectivity index (χ4n) is 2.44. The van der Waals surface area contributed by atoms with Crippen molar-refractivity contribution in [2.24, 2.45) is 16.7 Å². The molecule has 0 bridgehead atoms. The first-order chi connectivity index (χ1) is 8.13. The molecule has 1 aliphatic rings. The average Bonchev–Trinajstić information content (AvgIpc) is 2.19. The normalized spacial score (nSPS) is 27.3. The maximum atomic E-state index is 5.99. The van der Waals surface area contributed by atoms with Gasteiger partial charge in [-0.2, -0.15) is 0 Å². The van der Waals surface area contributed by atoms with Crippen LogP contribution in [0, 0.1) is 16.7 Å². The fourth-order valence-corrected chi connectivity index (χ4v) is 2.44. The Morgan fingerprint density at radius 1 is 1.28 bits per heavy atom. The highest BCUT2D eigenvalue weighted by molar-refractivity contribution is 5.02. The zero-order valence-corrected chi connectivity index (χ0v) is 13.5. The summed E-state index contributed by atoms with van der Waals surface area (Å²) in [6, 6.07) is 0.622. The lowest BCUT2D eigenvalue weighted by Gasteiger charge is -2.52. The number of ether oxygens (including phenoxy) is 1. The molecule has 0 saturated heterocycles. The minimum Gasteiger partial charge on any atom is -0.377 e. The Morgan fingerprint density at radius 3 is 2.33 bits per heavy atom. The van der Waals surface area contributed by atoms with E-state index in [9.17, 15) is 0 Å². The SMILES string of the molecule is CC(C)COC1CC(NCCC(C)(C)C)C1(C)C. The molecule has 0 aromatic heterocycles. The topological polar surface area (TPSA) is 21.3 Å². The molecule has 1 saturated carbocycles. The number of nitrogens with one attached hydrogen (secondary N) is 1. The predicted octanol–water partition coefficient (Wildman–Crippen LogP) is 3.85. The van der Waals surface area contributed by atoms with Crippen molar-refractivity contribution in [3.05, 3.63) is 0 Å². The largest absolute Gasteiger partial charge is 0.377 e. The third-order valence-electron chi connectivity index (χ3n) is 4.07. The van der Waals surface area contributed by atoms with Gasteiger partial charge in [0.25, 0.3) is 0 Å². The van der Waals surface area contributed by atoms with Crippen molar-refractivity contribution < 1.29 is 4.74 Å². The van der Waals surface area contributed by atoms with Crippen LogP contribution in [-0.2, 0) is 4.74 Å². The zero-order valence-electron chi connectivity index (χ0n) is 13.5. The first kappa shape index (κ1) is 16.0. The minimum absolute atomic E-state index is 0.284. The van der Waals surface area contributed by atoms with Crippen molar-refractivity contribution in [2.45, 2.75) is 73.5 Å². The van der Waals surface area contributed by atoms with Crippen LogP contribution in [0.1, 0.15) is 61.3 Å². The lowest BCUT2D eigenvalue weighted by Crippen LogP contribution is -2.61. The van der Waals surface area contributed by atoms with E-state index in [1.54, 1.807) is 0 Å². The Bertz CT molecular complexity index is 252. The summed E-state index contributed by atoms with van der Waals surface area (Å²) in [5.41, 5.74) is 0.710. The molecule has 1 fully saturated rings. The number of rotatable bonds is 6. The fraction of sp³-hybridized carbons (Fsp3) is 1.00. The monoisotopic (exact) mass is 255 g/mol. The average molecular weight is 255 g/mol. The molecular weight excluding hydrogens is 222 g/mol. The van der Waals surface area contributed by atoms with E-state index in [0.717, 1.165) is 13.2 Å². The van der Waals surface area contributed by atoms with Crippen LogP contribution in [0.4, 0.5) is 0 Å². The molecule has 2 nitrogen and oxygen atoms in total. The molecule has 0 aromatic rings. The van der Waals surface area contributed by atoms with Gasteiger partial charge in [0.2, 0.25) is 0 Å². The second kappa shape index (κ2) is 5.92. The van der Waals surface area contributed by atoms with E-state index in [-0.39, 0.29) is 5.41 Å². The van der Waals surface area contributed by atoms with E-state index >= 15 is 0 Å². The first-order valence-corrected chi connectivity index (χ1v) is 7.48. The van der Waals surface area contributed by atoms with E-state index in [4.69, 9.17) is 4.74 Å². The Labute approximate surface area is 114 Å². The molecule has 0 spiro atoms. The van der Waals surface area contributed by atoms with E-state index < -0.39 is 0 Å². The third-order valence-corrected chi connectivity index (χ3v) is 4.07. The first-order valence-electron chi connectivity index (χ1n) is 7.48. The standard InChI is InChI=1S/C16H33NO/c1-12(2)11-18-14-10-13(16(14,6)7)17-9-8-15(3,4)5/h12-14,17H,8-11H2,1-7H3. The van der Waals surface area contributed by atoms with Gasteiger partial charge < -0.3 is 10.1 Å². The predicted molar refractivity (Wildman–Crippen MR) is 78.8 cm³/mol. The molecule has 0 amide bonds. The van der Waals surface area contributed by atoms with Gasteiger partial charge in [0.1, 0.15) is 0 Å². The van der Waals surface area contributed by atoms with Gasteiger partial charge in [0.15, 0.2) is 0 Å². The van der Waals surface area contributed by atoms with Crippen molar-refractivity contribution >= 4 is 0 Å². The molecule has 0 aliphatic heterocycles. The van der Waals surface area contributed by atoms with Gasteiger partial charge in [-0.1, -0.05) is 48.5 Å². The molecule has 2 unspecified atom stereocenters. The van der Waals surface area contributed by atoms with Crippen LogP contribution in [-0.4, -0.2) is 25.3 Å². The van der Waals surface area contributed by atoms with Crippen LogP contribution in [0.25, 0.3) is 0 Å². The lowest BCUT2D eigenvalue weighted by atomic mass is 9.64. The minimum atomic E-state index is 0.284. The van der Waals surface area contributed by atoms with Crippen LogP contribution in [0.3, 0.4) is 0 Å². The van der Waals surface area contributed by atoms with E-state index in [1.165, 1.54) is 12.8 Å². The summed E-state index contributed by atoms with van der Waals surface area (Å²) < 4.78 is 5.99. The highest BCUT2D eigenvalue weighted by Gasteiger charge is 2.48. The smallest absolute Gasteiger partial charge is 0.0656 e. The van der Waals surface area contributed by atoms with Crippen molar-refractivity contribution in [1.82, 2.24) is 5.32 Å². The Kier molecular flexibility index (Phi) is 5.25. The summed E-state index contributed by atoms with van der Waals surface area (Å²) >= 11 is 0. The van der Waals surface area contributed by atoms with Crippen LogP contribution in [0.5, 0.6) is 0 Å². The number of hydrogen-bond acceptors (Lipinski definition) is 2. The summed E-state index contributed by atoms with van der Waals surface area (Å²) in [5, 5.41) is 3.70. The summed E-state index contributed by atoms with van der Waals surface area (Å²) in [7, 11) is 0. The molecule has 0 aromatic carbocycles. The quantitative estimate of drug-likeness (QED) is 0.778. The molecule has 1 aliphatic carbocycles. The summed E-state index contributed by atoms with van der Waals surface area (Å²) in [4.78, 5) is 0. The van der Waals surface area contributed by atoms with Crippen LogP contribution in [0.2, 0.25) is 0 Å². The highest BCUT2D eigenvalue weighted by Crippen LogP contribution is 2.43. The van der Waals surface area contributed by atoms with E-state index in [0.29, 0.717) is 23.5 Å². The Balaban J connectivity index is 2.26. The maximum absolute atomic E-state index is 5.99. The van der Waals surface area contributed by atoms with Gasteiger partial charge in [-0.3, -0.25) is 0 Å². The Hall–Kier alpha value is -0.0800. The molecular formula is C16H33NO. The highest BCUT2D eigenvalue weighted by atomic mass is 16.5. The van der Waals surface area contributed by atoms with Gasteiger partial charge in [0.05, 0.1) is 6.10 Å². The van der Waals surface area contributed by atoms with Crippen molar-refractivity contribution in [2.75, 3.05) is 13.2 Å². The van der Waals surface area contributed by atoms with Gasteiger partial charge in [-0.15, -0.1) is 0 Å². The summed E-state index contributed by atoms with van der Waals surface area (Å²) in [6.07, 6.45) is 2.84. The van der Waals surface area contributed by atoms with Crippen LogP contribution >= 0.6 is 0 Å². The van der Waals surface area contributed by atoms with E-state index in [2.05, 4.69) is 53.8 Å². The lowest BCUT2D eigenvalue weighted by molar-refractivity contribution is -0.123. The van der Waals surface area contributed by atoms with Crippen molar-refractivity contribution in [1.29, 1.82) is 0 Å². The molecule has 18 heavy (non-hydrogen) atoms. The molecule has 2 atom stereocenters. The molecule has 1 N–H and O–H groups in total. The van der Waals surface area contributed by atoms with Crippen molar-refractivity contribution in [3.8, 4) is 0 Å². The number of hydrogen-bond donors (Lipinski definition) is 1. The van der Waals surface area contributed by atoms with Crippen LogP contribution < -0.4 is 5.32 Å². The Morgan fingerprint density at radius 2 is 1.89 bits per heavy atom. The second-order valence-electron chi connectivity index (χ2n) is 8.09. The molecule has 0 radical (unpaired) electrons. The molecule has 108 valence electrons. The van der Waals surface area contributed by atoms with E-state index in [1.807, 2.05) is 0 Å². The summed E-state index contributed by atoms with van der Waals surface area (Å²) in [5.74, 6) is 0.633. The van der Waals surface area contributed by atoms with Gasteiger partial charge in [-0.05, 0) is 30.7 Å². The second-order valence-corrected chi connectivity index (χ2v) is 8.09.